The number of aromatic nitrogens is 3. The number of nitrogen functional groups attached to an aromatic ring is 1. The maximum Gasteiger partial charge on any atom is 0.131 e. The Morgan fingerprint density at radius 3 is 2.79 bits per heavy atom. The molecule has 0 fully saturated rings. The molecule has 2 N–H and O–H groups in total. The summed E-state index contributed by atoms with van der Waals surface area (Å²) < 4.78 is 1.75. The van der Waals surface area contributed by atoms with Crippen LogP contribution in [0.4, 0.5) is 5.82 Å². The zero-order valence-corrected chi connectivity index (χ0v) is 8.23. The van der Waals surface area contributed by atoms with Gasteiger partial charge in [0, 0.05) is 30.6 Å². The Balaban J connectivity index is 2.61. The van der Waals surface area contributed by atoms with E-state index in [1.807, 2.05) is 26.2 Å². The SMILES string of the molecule is Cc1ccnc(N)c1-c1cnn(C)c1. The molecule has 0 saturated heterocycles. The van der Waals surface area contributed by atoms with E-state index in [-0.39, 0.29) is 0 Å². The van der Waals surface area contributed by atoms with Gasteiger partial charge in [-0.05, 0) is 18.6 Å². The maximum absolute atomic E-state index is 5.81. The molecule has 2 aromatic rings. The lowest BCUT2D eigenvalue weighted by Crippen LogP contribution is -1.95. The zero-order chi connectivity index (χ0) is 10.1. The highest BCUT2D eigenvalue weighted by Gasteiger charge is 2.08. The summed E-state index contributed by atoms with van der Waals surface area (Å²) in [5, 5.41) is 4.11. The van der Waals surface area contributed by atoms with Crippen LogP contribution in [-0.2, 0) is 7.05 Å². The zero-order valence-electron chi connectivity index (χ0n) is 8.23. The van der Waals surface area contributed by atoms with Crippen molar-refractivity contribution in [2.75, 3.05) is 5.73 Å². The Kier molecular flexibility index (Phi) is 1.96. The van der Waals surface area contributed by atoms with Crippen molar-refractivity contribution in [1.82, 2.24) is 14.8 Å². The molecule has 0 spiro atoms. The number of hydrogen-bond acceptors (Lipinski definition) is 3. The molecule has 4 heteroatoms. The molecule has 0 atom stereocenters. The van der Waals surface area contributed by atoms with Crippen molar-refractivity contribution in [3.63, 3.8) is 0 Å². The predicted octanol–water partition coefficient (Wildman–Crippen LogP) is 1.37. The minimum atomic E-state index is 0.554. The summed E-state index contributed by atoms with van der Waals surface area (Å²) in [5.41, 5.74) is 8.91. The van der Waals surface area contributed by atoms with Crippen molar-refractivity contribution in [1.29, 1.82) is 0 Å². The molecule has 4 nitrogen and oxygen atoms in total. The second-order valence-corrected chi connectivity index (χ2v) is 3.29. The molecule has 2 heterocycles. The molecular weight excluding hydrogens is 176 g/mol. The van der Waals surface area contributed by atoms with Crippen LogP contribution < -0.4 is 5.73 Å². The van der Waals surface area contributed by atoms with Gasteiger partial charge in [-0.15, -0.1) is 0 Å². The Labute approximate surface area is 82.4 Å². The Bertz CT molecular complexity index is 439. The van der Waals surface area contributed by atoms with E-state index in [0.29, 0.717) is 5.82 Å². The molecule has 14 heavy (non-hydrogen) atoms. The number of aryl methyl sites for hydroxylation is 2. The summed E-state index contributed by atoms with van der Waals surface area (Å²) >= 11 is 0. The monoisotopic (exact) mass is 188 g/mol. The molecule has 2 rings (SSSR count). The minimum absolute atomic E-state index is 0.554. The molecule has 72 valence electrons. The highest BCUT2D eigenvalue weighted by Crippen LogP contribution is 2.26. The van der Waals surface area contributed by atoms with Gasteiger partial charge < -0.3 is 5.73 Å². The molecule has 2 aromatic heterocycles. The summed E-state index contributed by atoms with van der Waals surface area (Å²) in [5.74, 6) is 0.554. The van der Waals surface area contributed by atoms with E-state index in [1.54, 1.807) is 17.1 Å². The summed E-state index contributed by atoms with van der Waals surface area (Å²) in [6, 6.07) is 1.94. The van der Waals surface area contributed by atoms with Gasteiger partial charge in [0.15, 0.2) is 0 Å². The van der Waals surface area contributed by atoms with Crippen molar-refractivity contribution < 1.29 is 0 Å². The van der Waals surface area contributed by atoms with E-state index >= 15 is 0 Å². The molecule has 0 amide bonds. The van der Waals surface area contributed by atoms with Crippen LogP contribution in [-0.4, -0.2) is 14.8 Å². The molecule has 0 aromatic carbocycles. The van der Waals surface area contributed by atoms with Gasteiger partial charge in [0.05, 0.1) is 6.20 Å². The molecule has 0 radical (unpaired) electrons. The first kappa shape index (κ1) is 8.74. The first-order chi connectivity index (χ1) is 6.68. The second kappa shape index (κ2) is 3.14. The van der Waals surface area contributed by atoms with Crippen molar-refractivity contribution in [2.24, 2.45) is 7.05 Å². The van der Waals surface area contributed by atoms with Crippen molar-refractivity contribution in [3.8, 4) is 11.1 Å². The summed E-state index contributed by atoms with van der Waals surface area (Å²) in [4.78, 5) is 4.07. The van der Waals surface area contributed by atoms with Crippen LogP contribution in [0.1, 0.15) is 5.56 Å². The number of anilines is 1. The van der Waals surface area contributed by atoms with Crippen LogP contribution in [0.2, 0.25) is 0 Å². The van der Waals surface area contributed by atoms with E-state index < -0.39 is 0 Å². The fourth-order valence-electron chi connectivity index (χ4n) is 1.51. The fourth-order valence-corrected chi connectivity index (χ4v) is 1.51. The largest absolute Gasteiger partial charge is 0.383 e. The Hall–Kier alpha value is -1.84. The molecule has 0 unspecified atom stereocenters. The highest BCUT2D eigenvalue weighted by atomic mass is 15.2. The lowest BCUT2D eigenvalue weighted by Gasteiger charge is -2.04. The Morgan fingerprint density at radius 2 is 2.21 bits per heavy atom. The van der Waals surface area contributed by atoms with Crippen molar-refractivity contribution >= 4 is 5.82 Å². The van der Waals surface area contributed by atoms with E-state index in [0.717, 1.165) is 16.7 Å². The molecular formula is C10H12N4. The second-order valence-electron chi connectivity index (χ2n) is 3.29. The van der Waals surface area contributed by atoms with Gasteiger partial charge in [0.25, 0.3) is 0 Å². The standard InChI is InChI=1S/C10H12N4/c1-7-3-4-12-10(11)9(7)8-5-13-14(2)6-8/h3-6H,1-2H3,(H2,11,12). The van der Waals surface area contributed by atoms with Crippen LogP contribution in [0.25, 0.3) is 11.1 Å². The summed E-state index contributed by atoms with van der Waals surface area (Å²) in [7, 11) is 1.88. The van der Waals surface area contributed by atoms with Gasteiger partial charge in [-0.1, -0.05) is 0 Å². The van der Waals surface area contributed by atoms with E-state index in [2.05, 4.69) is 10.1 Å². The average Bonchev–Trinajstić information content (AvgIpc) is 2.51. The average molecular weight is 188 g/mol. The van der Waals surface area contributed by atoms with Crippen LogP contribution in [0.5, 0.6) is 0 Å². The van der Waals surface area contributed by atoms with Gasteiger partial charge in [0.2, 0.25) is 0 Å². The molecule has 0 saturated carbocycles. The number of nitrogens with zero attached hydrogens (tertiary/aromatic N) is 3. The van der Waals surface area contributed by atoms with Crippen LogP contribution in [0.3, 0.4) is 0 Å². The van der Waals surface area contributed by atoms with E-state index in [1.165, 1.54) is 0 Å². The lowest BCUT2D eigenvalue weighted by molar-refractivity contribution is 0.768. The molecule has 0 aliphatic heterocycles. The smallest absolute Gasteiger partial charge is 0.131 e. The van der Waals surface area contributed by atoms with Crippen molar-refractivity contribution in [3.05, 3.63) is 30.2 Å². The van der Waals surface area contributed by atoms with Gasteiger partial charge >= 0.3 is 0 Å². The molecule has 0 bridgehead atoms. The fraction of sp³-hybridized carbons (Fsp3) is 0.200. The van der Waals surface area contributed by atoms with Crippen LogP contribution >= 0.6 is 0 Å². The van der Waals surface area contributed by atoms with Gasteiger partial charge in [-0.2, -0.15) is 5.10 Å². The van der Waals surface area contributed by atoms with E-state index in [9.17, 15) is 0 Å². The third-order valence-electron chi connectivity index (χ3n) is 2.18. The van der Waals surface area contributed by atoms with Crippen LogP contribution in [0.15, 0.2) is 24.7 Å². The third kappa shape index (κ3) is 1.35. The van der Waals surface area contributed by atoms with E-state index in [4.69, 9.17) is 5.73 Å². The summed E-state index contributed by atoms with van der Waals surface area (Å²) in [6.45, 7) is 2.01. The maximum atomic E-state index is 5.81. The lowest BCUT2D eigenvalue weighted by atomic mass is 10.1. The molecule has 0 aliphatic carbocycles. The van der Waals surface area contributed by atoms with Gasteiger partial charge in [-0.25, -0.2) is 4.98 Å². The van der Waals surface area contributed by atoms with Gasteiger partial charge in [-0.3, -0.25) is 4.68 Å². The minimum Gasteiger partial charge on any atom is -0.383 e. The molecule has 0 aliphatic rings. The third-order valence-corrected chi connectivity index (χ3v) is 2.18. The van der Waals surface area contributed by atoms with Gasteiger partial charge in [0.1, 0.15) is 5.82 Å². The summed E-state index contributed by atoms with van der Waals surface area (Å²) in [6.07, 6.45) is 5.44. The topological polar surface area (TPSA) is 56.7 Å². The quantitative estimate of drug-likeness (QED) is 0.735. The van der Waals surface area contributed by atoms with Crippen LogP contribution in [0, 0.1) is 6.92 Å². The number of pyridine rings is 1. The first-order valence-electron chi connectivity index (χ1n) is 4.38. The predicted molar refractivity (Wildman–Crippen MR) is 55.6 cm³/mol. The number of rotatable bonds is 1. The first-order valence-corrected chi connectivity index (χ1v) is 4.38. The Morgan fingerprint density at radius 1 is 1.43 bits per heavy atom. The highest BCUT2D eigenvalue weighted by molar-refractivity contribution is 5.75. The normalized spacial score (nSPS) is 10.4. The number of hydrogen-bond donors (Lipinski definition) is 1. The van der Waals surface area contributed by atoms with Crippen molar-refractivity contribution in [2.45, 2.75) is 6.92 Å². The number of nitrogens with two attached hydrogens (primary N) is 1.